The fraction of sp³-hybridized carbons (Fsp3) is 0.167. The smallest absolute Gasteiger partial charge is 0.365 e. The van der Waals surface area contributed by atoms with Crippen molar-refractivity contribution >= 4 is 10.9 Å². The number of hydrogen-bond acceptors (Lipinski definition) is 1. The van der Waals surface area contributed by atoms with E-state index in [-0.39, 0.29) is 0 Å². The first-order valence-electron chi connectivity index (χ1n) is 4.73. The van der Waals surface area contributed by atoms with Crippen molar-refractivity contribution in [3.63, 3.8) is 0 Å². The van der Waals surface area contributed by atoms with Crippen LogP contribution in [0.5, 0.6) is 0 Å². The molecule has 1 heterocycles. The Morgan fingerprint density at radius 3 is 2.41 bits per heavy atom. The van der Waals surface area contributed by atoms with Crippen molar-refractivity contribution in [2.75, 3.05) is 0 Å². The quantitative estimate of drug-likeness (QED) is 0.737. The second kappa shape index (κ2) is 3.54. The number of benzene rings is 1. The van der Waals surface area contributed by atoms with Crippen LogP contribution in [0.15, 0.2) is 30.3 Å². The number of halogens is 3. The standard InChI is InChI=1S/C12H8F3NO/c1-2-11(17,12(13,14)15)10-7-8-5-3-4-6-9(8)16-10/h1,3-7,16-17H. The summed E-state index contributed by atoms with van der Waals surface area (Å²) >= 11 is 0. The van der Waals surface area contributed by atoms with Gasteiger partial charge in [-0.1, -0.05) is 24.1 Å². The van der Waals surface area contributed by atoms with Gasteiger partial charge in [-0.2, -0.15) is 13.2 Å². The van der Waals surface area contributed by atoms with Crippen molar-refractivity contribution < 1.29 is 18.3 Å². The third-order valence-electron chi connectivity index (χ3n) is 2.54. The van der Waals surface area contributed by atoms with Crippen LogP contribution in [0.4, 0.5) is 13.2 Å². The molecular weight excluding hydrogens is 231 g/mol. The van der Waals surface area contributed by atoms with E-state index in [4.69, 9.17) is 6.42 Å². The average Bonchev–Trinajstić information content (AvgIpc) is 2.70. The predicted octanol–water partition coefficient (Wildman–Crippen LogP) is 2.55. The Labute approximate surface area is 95.1 Å². The van der Waals surface area contributed by atoms with Gasteiger partial charge in [0.15, 0.2) is 0 Å². The lowest BCUT2D eigenvalue weighted by Gasteiger charge is -2.23. The Hall–Kier alpha value is -1.93. The van der Waals surface area contributed by atoms with Crippen LogP contribution >= 0.6 is 0 Å². The molecule has 0 fully saturated rings. The summed E-state index contributed by atoms with van der Waals surface area (Å²) in [6.45, 7) is 0. The molecule has 0 aliphatic carbocycles. The number of alkyl halides is 3. The van der Waals surface area contributed by atoms with Gasteiger partial charge < -0.3 is 10.1 Å². The highest BCUT2D eigenvalue weighted by atomic mass is 19.4. The largest absolute Gasteiger partial charge is 0.434 e. The summed E-state index contributed by atoms with van der Waals surface area (Å²) in [6, 6.07) is 7.78. The first-order valence-corrected chi connectivity index (χ1v) is 4.73. The first-order chi connectivity index (χ1) is 7.88. The van der Waals surface area contributed by atoms with E-state index in [2.05, 4.69) is 4.98 Å². The molecule has 17 heavy (non-hydrogen) atoms. The maximum absolute atomic E-state index is 12.7. The number of para-hydroxylation sites is 1. The van der Waals surface area contributed by atoms with E-state index in [1.165, 1.54) is 12.0 Å². The molecule has 0 spiro atoms. The molecule has 2 aromatic rings. The van der Waals surface area contributed by atoms with Gasteiger partial charge >= 0.3 is 6.18 Å². The highest BCUT2D eigenvalue weighted by Crippen LogP contribution is 2.38. The lowest BCUT2D eigenvalue weighted by atomic mass is 10.0. The number of nitrogens with one attached hydrogen (secondary N) is 1. The summed E-state index contributed by atoms with van der Waals surface area (Å²) in [4.78, 5) is 2.48. The Bertz CT molecular complexity index is 561. The Kier molecular flexibility index (Phi) is 2.40. The second-order valence-electron chi connectivity index (χ2n) is 3.62. The van der Waals surface area contributed by atoms with Crippen LogP contribution in [0.25, 0.3) is 10.9 Å². The number of fused-ring (bicyclic) bond motifs is 1. The zero-order chi connectivity index (χ0) is 12.7. The van der Waals surface area contributed by atoms with E-state index in [1.807, 2.05) is 0 Å². The highest BCUT2D eigenvalue weighted by molar-refractivity contribution is 5.80. The molecule has 5 heteroatoms. The van der Waals surface area contributed by atoms with Crippen LogP contribution in [0.2, 0.25) is 0 Å². The van der Waals surface area contributed by atoms with Crippen molar-refractivity contribution in [1.29, 1.82) is 0 Å². The molecule has 88 valence electrons. The van der Waals surface area contributed by atoms with Gasteiger partial charge in [0.2, 0.25) is 0 Å². The maximum Gasteiger partial charge on any atom is 0.434 e. The molecular formula is C12H8F3NO. The third kappa shape index (κ3) is 1.67. The van der Waals surface area contributed by atoms with Gasteiger partial charge in [0.05, 0.1) is 5.69 Å². The molecule has 0 saturated carbocycles. The number of rotatable bonds is 1. The lowest BCUT2D eigenvalue weighted by molar-refractivity contribution is -0.241. The number of aromatic nitrogens is 1. The zero-order valence-electron chi connectivity index (χ0n) is 8.55. The molecule has 0 radical (unpaired) electrons. The predicted molar refractivity (Wildman–Crippen MR) is 57.1 cm³/mol. The number of H-pyrrole nitrogens is 1. The molecule has 0 bridgehead atoms. The molecule has 0 aliphatic rings. The summed E-state index contributed by atoms with van der Waals surface area (Å²) in [7, 11) is 0. The van der Waals surface area contributed by atoms with Gasteiger partial charge in [0.1, 0.15) is 0 Å². The zero-order valence-corrected chi connectivity index (χ0v) is 8.55. The van der Waals surface area contributed by atoms with E-state index in [9.17, 15) is 18.3 Å². The van der Waals surface area contributed by atoms with Crippen molar-refractivity contribution in [3.05, 3.63) is 36.0 Å². The molecule has 1 aromatic heterocycles. The van der Waals surface area contributed by atoms with Gasteiger partial charge in [0.25, 0.3) is 5.60 Å². The monoisotopic (exact) mass is 239 g/mol. The minimum absolute atomic E-state index is 0.450. The average molecular weight is 239 g/mol. The lowest BCUT2D eigenvalue weighted by Crippen LogP contribution is -2.41. The second-order valence-corrected chi connectivity index (χ2v) is 3.62. The van der Waals surface area contributed by atoms with E-state index < -0.39 is 17.5 Å². The summed E-state index contributed by atoms with van der Waals surface area (Å²) in [6.07, 6.45) is -0.121. The number of hydrogen-bond donors (Lipinski definition) is 2. The van der Waals surface area contributed by atoms with Crippen LogP contribution in [-0.4, -0.2) is 16.3 Å². The Morgan fingerprint density at radius 2 is 1.88 bits per heavy atom. The highest BCUT2D eigenvalue weighted by Gasteiger charge is 2.55. The van der Waals surface area contributed by atoms with Crippen molar-refractivity contribution in [2.45, 2.75) is 11.8 Å². The van der Waals surface area contributed by atoms with Crippen LogP contribution in [0, 0.1) is 12.3 Å². The summed E-state index contributed by atoms with van der Waals surface area (Å²) in [5.74, 6) is 1.39. The minimum Gasteiger partial charge on any atom is -0.365 e. The van der Waals surface area contributed by atoms with Crippen LogP contribution in [-0.2, 0) is 5.60 Å². The van der Waals surface area contributed by atoms with Crippen molar-refractivity contribution in [3.8, 4) is 12.3 Å². The fourth-order valence-electron chi connectivity index (χ4n) is 1.58. The summed E-state index contributed by atoms with van der Waals surface area (Å²) in [5.41, 5.74) is -3.25. The molecule has 2 N–H and O–H groups in total. The molecule has 1 unspecified atom stereocenters. The van der Waals surface area contributed by atoms with E-state index >= 15 is 0 Å². The maximum atomic E-state index is 12.7. The van der Waals surface area contributed by atoms with E-state index in [1.54, 1.807) is 24.3 Å². The topological polar surface area (TPSA) is 36.0 Å². The molecule has 2 nitrogen and oxygen atoms in total. The molecule has 0 saturated heterocycles. The van der Waals surface area contributed by atoms with Crippen LogP contribution in [0.1, 0.15) is 5.69 Å². The minimum atomic E-state index is -4.93. The first kappa shape index (κ1) is 11.6. The van der Waals surface area contributed by atoms with Crippen molar-refractivity contribution in [1.82, 2.24) is 4.98 Å². The van der Waals surface area contributed by atoms with Crippen molar-refractivity contribution in [2.24, 2.45) is 0 Å². The Morgan fingerprint density at radius 1 is 1.24 bits per heavy atom. The third-order valence-corrected chi connectivity index (χ3v) is 2.54. The SMILES string of the molecule is C#CC(O)(c1cc2ccccc2[nH]1)C(F)(F)F. The van der Waals surface area contributed by atoms with Gasteiger partial charge in [-0.25, -0.2) is 0 Å². The number of aliphatic hydroxyl groups is 1. The molecule has 0 amide bonds. The summed E-state index contributed by atoms with van der Waals surface area (Å²) < 4.78 is 38.1. The molecule has 1 atom stereocenters. The van der Waals surface area contributed by atoms with Gasteiger partial charge in [-0.15, -0.1) is 6.42 Å². The van der Waals surface area contributed by atoms with E-state index in [0.717, 1.165) is 0 Å². The van der Waals surface area contributed by atoms with Gasteiger partial charge in [0, 0.05) is 5.52 Å². The van der Waals surface area contributed by atoms with E-state index in [0.29, 0.717) is 10.9 Å². The number of terminal acetylenes is 1. The number of aromatic amines is 1. The molecule has 0 aliphatic heterocycles. The molecule has 1 aromatic carbocycles. The summed E-state index contributed by atoms with van der Waals surface area (Å²) in [5, 5.41) is 10.1. The van der Waals surface area contributed by atoms with Crippen LogP contribution < -0.4 is 0 Å². The fourth-order valence-corrected chi connectivity index (χ4v) is 1.58. The molecule has 2 rings (SSSR count). The Balaban J connectivity index is 2.63. The van der Waals surface area contributed by atoms with Gasteiger partial charge in [-0.05, 0) is 17.5 Å². The van der Waals surface area contributed by atoms with Crippen LogP contribution in [0.3, 0.4) is 0 Å². The van der Waals surface area contributed by atoms with Gasteiger partial charge in [-0.3, -0.25) is 0 Å². The normalized spacial score (nSPS) is 15.5.